The number of carbonyl (C=O) groups excluding carboxylic acids is 1. The second kappa shape index (κ2) is 6.60. The molecule has 3 rings (SSSR count). The minimum atomic E-state index is -4.61. The minimum absolute atomic E-state index is 0.0571. The van der Waals surface area contributed by atoms with Crippen LogP contribution in [-0.2, 0) is 11.0 Å². The van der Waals surface area contributed by atoms with Gasteiger partial charge in [-0.2, -0.15) is 13.2 Å². The van der Waals surface area contributed by atoms with Crippen molar-refractivity contribution in [2.45, 2.75) is 30.2 Å². The van der Waals surface area contributed by atoms with E-state index in [1.807, 2.05) is 0 Å². The molecule has 24 heavy (non-hydrogen) atoms. The monoisotopic (exact) mass is 377 g/mol. The van der Waals surface area contributed by atoms with Crippen LogP contribution in [0.15, 0.2) is 23.4 Å². The van der Waals surface area contributed by atoms with Crippen LogP contribution in [0.4, 0.5) is 18.9 Å². The normalized spacial score (nSPS) is 14.7. The molecule has 1 saturated carbocycles. The first-order chi connectivity index (χ1) is 11.3. The van der Waals surface area contributed by atoms with Gasteiger partial charge in [0.2, 0.25) is 11.1 Å². The van der Waals surface area contributed by atoms with E-state index in [0.29, 0.717) is 5.16 Å². The first kappa shape index (κ1) is 17.0. The summed E-state index contributed by atoms with van der Waals surface area (Å²) < 4.78 is 40.6. The number of benzene rings is 1. The zero-order chi connectivity index (χ0) is 17.3. The molecular formula is C13H11ClF3N5OS. The van der Waals surface area contributed by atoms with Crippen molar-refractivity contribution in [1.29, 1.82) is 0 Å². The van der Waals surface area contributed by atoms with Crippen LogP contribution in [0.3, 0.4) is 0 Å². The molecule has 0 aliphatic heterocycles. The summed E-state index contributed by atoms with van der Waals surface area (Å²) in [6.07, 6.45) is -2.66. The number of rotatable bonds is 5. The lowest BCUT2D eigenvalue weighted by atomic mass is 10.1. The van der Waals surface area contributed by atoms with E-state index >= 15 is 0 Å². The second-order valence-electron chi connectivity index (χ2n) is 5.16. The van der Waals surface area contributed by atoms with Gasteiger partial charge in [0, 0.05) is 5.02 Å². The van der Waals surface area contributed by atoms with Gasteiger partial charge in [0.25, 0.3) is 0 Å². The summed E-state index contributed by atoms with van der Waals surface area (Å²) in [5.41, 5.74) is -1.32. The Hall–Kier alpha value is -1.81. The van der Waals surface area contributed by atoms with E-state index in [0.717, 1.165) is 36.7 Å². The number of tetrazole rings is 1. The number of thioether (sulfide) groups is 1. The molecule has 0 unspecified atom stereocenters. The maximum absolute atomic E-state index is 13.0. The highest BCUT2D eigenvalue weighted by Gasteiger charge is 2.34. The standard InChI is InChI=1S/C13H11ClF3N5OS/c14-7-1-4-10(9(5-7)13(15,16)17)18-11(23)6-24-12-19-20-21-22(12)8-2-3-8/h1,4-5,8H,2-3,6H2,(H,18,23). The van der Waals surface area contributed by atoms with Crippen LogP contribution >= 0.6 is 23.4 Å². The maximum Gasteiger partial charge on any atom is 0.418 e. The van der Waals surface area contributed by atoms with Crippen LogP contribution in [0.5, 0.6) is 0 Å². The van der Waals surface area contributed by atoms with E-state index in [-0.39, 0.29) is 22.5 Å². The van der Waals surface area contributed by atoms with Crippen molar-refractivity contribution >= 4 is 35.0 Å². The second-order valence-corrected chi connectivity index (χ2v) is 6.54. The van der Waals surface area contributed by atoms with E-state index in [1.165, 1.54) is 6.07 Å². The van der Waals surface area contributed by atoms with E-state index in [4.69, 9.17) is 11.6 Å². The number of hydrogen-bond donors (Lipinski definition) is 1. The number of nitrogens with zero attached hydrogens (tertiary/aromatic N) is 4. The number of amides is 1. The lowest BCUT2D eigenvalue weighted by Crippen LogP contribution is -2.18. The number of anilines is 1. The van der Waals surface area contributed by atoms with E-state index in [2.05, 4.69) is 20.8 Å². The van der Waals surface area contributed by atoms with Gasteiger partial charge in [-0.1, -0.05) is 23.4 Å². The van der Waals surface area contributed by atoms with Gasteiger partial charge in [0.05, 0.1) is 23.0 Å². The Bertz CT molecular complexity index is 762. The number of halogens is 4. The number of nitrogens with one attached hydrogen (secondary N) is 1. The summed E-state index contributed by atoms with van der Waals surface area (Å²) >= 11 is 6.67. The van der Waals surface area contributed by atoms with Gasteiger partial charge in [-0.25, -0.2) is 4.68 Å². The molecular weight excluding hydrogens is 367 g/mol. The molecule has 0 bridgehead atoms. The van der Waals surface area contributed by atoms with Gasteiger partial charge in [0.15, 0.2) is 0 Å². The highest BCUT2D eigenvalue weighted by Crippen LogP contribution is 2.37. The number of alkyl halides is 3. The van der Waals surface area contributed by atoms with Crippen molar-refractivity contribution in [2.75, 3.05) is 11.1 Å². The molecule has 0 spiro atoms. The van der Waals surface area contributed by atoms with Crippen LogP contribution in [0.25, 0.3) is 0 Å². The fourth-order valence-electron chi connectivity index (χ4n) is 2.01. The number of carbonyl (C=O) groups is 1. The Morgan fingerprint density at radius 3 is 2.83 bits per heavy atom. The van der Waals surface area contributed by atoms with Gasteiger partial charge in [-0.15, -0.1) is 5.10 Å². The van der Waals surface area contributed by atoms with Gasteiger partial charge in [-0.05, 0) is 41.5 Å². The number of aromatic nitrogens is 4. The lowest BCUT2D eigenvalue weighted by molar-refractivity contribution is -0.137. The third-order valence-electron chi connectivity index (χ3n) is 3.25. The zero-order valence-corrected chi connectivity index (χ0v) is 13.6. The quantitative estimate of drug-likeness (QED) is 0.808. The molecule has 1 aliphatic carbocycles. The molecule has 1 heterocycles. The molecule has 1 fully saturated rings. The predicted molar refractivity (Wildman–Crippen MR) is 81.9 cm³/mol. The van der Waals surface area contributed by atoms with Crippen molar-refractivity contribution in [3.05, 3.63) is 28.8 Å². The van der Waals surface area contributed by atoms with E-state index in [1.54, 1.807) is 4.68 Å². The van der Waals surface area contributed by atoms with Crippen molar-refractivity contribution in [2.24, 2.45) is 0 Å². The maximum atomic E-state index is 13.0. The minimum Gasteiger partial charge on any atom is -0.325 e. The summed E-state index contributed by atoms with van der Waals surface area (Å²) in [7, 11) is 0. The van der Waals surface area contributed by atoms with E-state index in [9.17, 15) is 18.0 Å². The molecule has 128 valence electrons. The van der Waals surface area contributed by atoms with Crippen molar-refractivity contribution in [1.82, 2.24) is 20.2 Å². The fraction of sp³-hybridized carbons (Fsp3) is 0.385. The Kier molecular flexibility index (Phi) is 4.68. The molecule has 2 aromatic rings. The molecule has 1 aromatic heterocycles. The zero-order valence-electron chi connectivity index (χ0n) is 12.0. The summed E-state index contributed by atoms with van der Waals surface area (Å²) in [6, 6.07) is 3.44. The lowest BCUT2D eigenvalue weighted by Gasteiger charge is -2.14. The average Bonchev–Trinajstić information content (AvgIpc) is 3.24. The van der Waals surface area contributed by atoms with Crippen LogP contribution in [0.1, 0.15) is 24.4 Å². The predicted octanol–water partition coefficient (Wildman–Crippen LogP) is 3.41. The summed E-state index contributed by atoms with van der Waals surface area (Å²) in [5, 5.41) is 13.9. The first-order valence-corrected chi connectivity index (χ1v) is 8.28. The average molecular weight is 378 g/mol. The summed E-state index contributed by atoms with van der Waals surface area (Å²) in [5.74, 6) is -0.689. The Morgan fingerprint density at radius 2 is 2.17 bits per heavy atom. The molecule has 6 nitrogen and oxygen atoms in total. The molecule has 11 heteroatoms. The molecule has 0 saturated heterocycles. The fourth-order valence-corrected chi connectivity index (χ4v) is 2.92. The molecule has 0 radical (unpaired) electrons. The SMILES string of the molecule is O=C(CSc1nnnn1C1CC1)Nc1ccc(Cl)cc1C(F)(F)F. The third kappa shape index (κ3) is 3.99. The Balaban J connectivity index is 1.66. The van der Waals surface area contributed by atoms with Crippen molar-refractivity contribution in [3.63, 3.8) is 0 Å². The van der Waals surface area contributed by atoms with Gasteiger partial charge in [0.1, 0.15) is 0 Å². The molecule has 1 amide bonds. The number of hydrogen-bond acceptors (Lipinski definition) is 5. The highest BCUT2D eigenvalue weighted by molar-refractivity contribution is 7.99. The van der Waals surface area contributed by atoms with Crippen LogP contribution < -0.4 is 5.32 Å². The molecule has 1 N–H and O–H groups in total. The van der Waals surface area contributed by atoms with E-state index < -0.39 is 17.6 Å². The van der Waals surface area contributed by atoms with Gasteiger partial charge >= 0.3 is 6.18 Å². The van der Waals surface area contributed by atoms with Crippen molar-refractivity contribution < 1.29 is 18.0 Å². The molecule has 1 aromatic carbocycles. The third-order valence-corrected chi connectivity index (χ3v) is 4.42. The molecule has 1 aliphatic rings. The largest absolute Gasteiger partial charge is 0.418 e. The first-order valence-electron chi connectivity index (χ1n) is 6.92. The van der Waals surface area contributed by atoms with Crippen LogP contribution in [-0.4, -0.2) is 31.9 Å². The topological polar surface area (TPSA) is 72.7 Å². The smallest absolute Gasteiger partial charge is 0.325 e. The summed E-state index contributed by atoms with van der Waals surface area (Å²) in [6.45, 7) is 0. The van der Waals surface area contributed by atoms with Crippen molar-refractivity contribution in [3.8, 4) is 0 Å². The Labute approximate surface area is 143 Å². The van der Waals surface area contributed by atoms with Gasteiger partial charge < -0.3 is 5.32 Å². The summed E-state index contributed by atoms with van der Waals surface area (Å²) in [4.78, 5) is 12.0. The van der Waals surface area contributed by atoms with Gasteiger partial charge in [-0.3, -0.25) is 4.79 Å². The molecule has 0 atom stereocenters. The van der Waals surface area contributed by atoms with Crippen LogP contribution in [0.2, 0.25) is 5.02 Å². The van der Waals surface area contributed by atoms with Crippen LogP contribution in [0, 0.1) is 0 Å². The Morgan fingerprint density at radius 1 is 1.42 bits per heavy atom. The highest BCUT2D eigenvalue weighted by atomic mass is 35.5.